The number of allylic oxidation sites excluding steroid dienone is 1. The van der Waals surface area contributed by atoms with E-state index in [1.165, 1.54) is 116 Å². The smallest absolute Gasteiger partial charge is 0.0758 e. The van der Waals surface area contributed by atoms with E-state index in [1.54, 1.807) is 0 Å². The molecule has 1 unspecified atom stereocenters. The average molecular weight is 337 g/mol. The van der Waals surface area contributed by atoms with Crippen LogP contribution in [0.4, 0.5) is 0 Å². The third-order valence-corrected chi connectivity index (χ3v) is 5.30. The summed E-state index contributed by atoms with van der Waals surface area (Å²) in [6.45, 7) is 3.26. The Morgan fingerprint density at radius 1 is 0.667 bits per heavy atom. The van der Waals surface area contributed by atoms with Gasteiger partial charge in [0.15, 0.2) is 0 Å². The zero-order valence-corrected chi connectivity index (χ0v) is 16.6. The second kappa shape index (κ2) is 17.5. The number of hydrogen-bond donors (Lipinski definition) is 0. The summed E-state index contributed by atoms with van der Waals surface area (Å²) in [6.07, 6.45) is 30.2. The Labute approximate surface area is 152 Å². The summed E-state index contributed by atoms with van der Waals surface area (Å²) in [4.78, 5) is 0. The number of unbranched alkanes of at least 4 members (excludes halogenated alkanes) is 15. The molecule has 0 N–H and O–H groups in total. The third-order valence-electron chi connectivity index (χ3n) is 5.30. The van der Waals surface area contributed by atoms with Crippen LogP contribution in [0.2, 0.25) is 0 Å². The molecule has 0 aliphatic heterocycles. The molecule has 1 rings (SSSR count). The molecule has 0 saturated heterocycles. The van der Waals surface area contributed by atoms with Gasteiger partial charge in [0.05, 0.1) is 6.10 Å². The maximum atomic E-state index is 5.84. The van der Waals surface area contributed by atoms with Crippen molar-refractivity contribution in [2.45, 2.75) is 129 Å². The van der Waals surface area contributed by atoms with Crippen LogP contribution in [0.5, 0.6) is 0 Å². The second-order valence-corrected chi connectivity index (χ2v) is 7.72. The molecule has 0 aromatic carbocycles. The minimum absolute atomic E-state index is 0.432. The summed E-state index contributed by atoms with van der Waals surface area (Å²) in [6, 6.07) is 0. The van der Waals surface area contributed by atoms with Crippen LogP contribution in [-0.2, 0) is 4.74 Å². The summed E-state index contributed by atoms with van der Waals surface area (Å²) in [5.74, 6) is 0. The van der Waals surface area contributed by atoms with Gasteiger partial charge in [0.2, 0.25) is 0 Å². The van der Waals surface area contributed by atoms with Crippen molar-refractivity contribution in [3.63, 3.8) is 0 Å². The molecule has 24 heavy (non-hydrogen) atoms. The van der Waals surface area contributed by atoms with Gasteiger partial charge in [-0.15, -0.1) is 0 Å². The van der Waals surface area contributed by atoms with E-state index in [0.717, 1.165) is 6.61 Å². The molecule has 0 amide bonds. The first-order chi connectivity index (χ1) is 11.9. The van der Waals surface area contributed by atoms with Gasteiger partial charge in [0.25, 0.3) is 0 Å². The molecule has 0 fully saturated rings. The topological polar surface area (TPSA) is 9.23 Å². The van der Waals surface area contributed by atoms with Crippen molar-refractivity contribution in [2.24, 2.45) is 0 Å². The molecule has 1 heteroatoms. The van der Waals surface area contributed by atoms with Gasteiger partial charge in [-0.1, -0.05) is 115 Å². The van der Waals surface area contributed by atoms with Crippen molar-refractivity contribution < 1.29 is 4.74 Å². The van der Waals surface area contributed by atoms with Gasteiger partial charge in [0.1, 0.15) is 0 Å². The van der Waals surface area contributed by atoms with Crippen LogP contribution in [-0.4, -0.2) is 12.7 Å². The Morgan fingerprint density at radius 2 is 1.12 bits per heavy atom. The molecule has 0 aromatic heterocycles. The van der Waals surface area contributed by atoms with Gasteiger partial charge >= 0.3 is 0 Å². The highest BCUT2D eigenvalue weighted by Crippen LogP contribution is 2.15. The van der Waals surface area contributed by atoms with Gasteiger partial charge in [-0.3, -0.25) is 0 Å². The monoisotopic (exact) mass is 336 g/mol. The van der Waals surface area contributed by atoms with E-state index < -0.39 is 0 Å². The quantitative estimate of drug-likeness (QED) is 0.182. The zero-order chi connectivity index (χ0) is 17.1. The minimum Gasteiger partial charge on any atom is -0.374 e. The van der Waals surface area contributed by atoms with Crippen LogP contribution in [0.25, 0.3) is 0 Å². The number of hydrogen-bond acceptors (Lipinski definition) is 1. The Kier molecular flexibility index (Phi) is 15.9. The van der Waals surface area contributed by atoms with Gasteiger partial charge < -0.3 is 4.74 Å². The zero-order valence-electron chi connectivity index (χ0n) is 16.6. The number of rotatable bonds is 18. The van der Waals surface area contributed by atoms with Crippen LogP contribution in [0.1, 0.15) is 122 Å². The Bertz CT molecular complexity index is 271. The van der Waals surface area contributed by atoms with Gasteiger partial charge in [-0.2, -0.15) is 0 Å². The highest BCUT2D eigenvalue weighted by atomic mass is 16.5. The molecular weight excluding hydrogens is 292 g/mol. The molecule has 0 aromatic rings. The lowest BCUT2D eigenvalue weighted by atomic mass is 10.0. The molecule has 1 aliphatic rings. The van der Waals surface area contributed by atoms with Crippen molar-refractivity contribution >= 4 is 0 Å². The fraction of sp³-hybridized carbons (Fsp3) is 0.913. The van der Waals surface area contributed by atoms with E-state index in [4.69, 9.17) is 4.74 Å². The molecular formula is C23H44O. The first-order valence-corrected chi connectivity index (χ1v) is 11.2. The van der Waals surface area contributed by atoms with Crippen LogP contribution in [0, 0.1) is 0 Å². The van der Waals surface area contributed by atoms with Crippen molar-refractivity contribution in [1.29, 1.82) is 0 Å². The molecule has 1 atom stereocenters. The standard InChI is InChI=1S/C23H44O/c1-2-3-4-5-6-7-8-9-10-11-12-13-14-15-16-19-22-24-23-20-17-18-21-23/h17,20,23H,2-16,18-19,21-22H2,1H3. The lowest BCUT2D eigenvalue weighted by Crippen LogP contribution is -2.07. The van der Waals surface area contributed by atoms with Crippen LogP contribution in [0.3, 0.4) is 0 Å². The molecule has 142 valence electrons. The fourth-order valence-electron chi connectivity index (χ4n) is 3.63. The molecule has 0 heterocycles. The summed E-state index contributed by atoms with van der Waals surface area (Å²) in [5, 5.41) is 0. The van der Waals surface area contributed by atoms with Crippen LogP contribution in [0.15, 0.2) is 12.2 Å². The fourth-order valence-corrected chi connectivity index (χ4v) is 3.63. The van der Waals surface area contributed by atoms with E-state index in [1.807, 2.05) is 0 Å². The Morgan fingerprint density at radius 3 is 1.54 bits per heavy atom. The highest BCUT2D eigenvalue weighted by Gasteiger charge is 2.07. The SMILES string of the molecule is CCCCCCCCCCCCCCCCCCOC1C=CCC1. The predicted molar refractivity (Wildman–Crippen MR) is 108 cm³/mol. The van der Waals surface area contributed by atoms with E-state index in [0.29, 0.717) is 6.10 Å². The van der Waals surface area contributed by atoms with E-state index in [-0.39, 0.29) is 0 Å². The predicted octanol–water partition coefficient (Wildman–Crippen LogP) is 7.98. The van der Waals surface area contributed by atoms with E-state index in [2.05, 4.69) is 19.1 Å². The molecule has 0 spiro atoms. The largest absolute Gasteiger partial charge is 0.374 e. The third kappa shape index (κ3) is 14.1. The summed E-state index contributed by atoms with van der Waals surface area (Å²) >= 11 is 0. The Balaban J connectivity index is 1.64. The molecule has 1 nitrogen and oxygen atoms in total. The van der Waals surface area contributed by atoms with Crippen molar-refractivity contribution in [2.75, 3.05) is 6.61 Å². The van der Waals surface area contributed by atoms with Gasteiger partial charge in [-0.25, -0.2) is 0 Å². The van der Waals surface area contributed by atoms with Crippen molar-refractivity contribution in [3.8, 4) is 0 Å². The van der Waals surface area contributed by atoms with Crippen LogP contribution < -0.4 is 0 Å². The van der Waals surface area contributed by atoms with Gasteiger partial charge in [-0.05, 0) is 19.3 Å². The highest BCUT2D eigenvalue weighted by molar-refractivity contribution is 4.97. The number of ether oxygens (including phenoxy) is 1. The maximum absolute atomic E-state index is 5.84. The van der Waals surface area contributed by atoms with Crippen molar-refractivity contribution in [3.05, 3.63) is 12.2 Å². The van der Waals surface area contributed by atoms with E-state index >= 15 is 0 Å². The summed E-state index contributed by atoms with van der Waals surface area (Å²) in [7, 11) is 0. The molecule has 0 saturated carbocycles. The normalized spacial score (nSPS) is 17.0. The summed E-state index contributed by atoms with van der Waals surface area (Å²) < 4.78 is 5.84. The second-order valence-electron chi connectivity index (χ2n) is 7.72. The maximum Gasteiger partial charge on any atom is 0.0758 e. The first kappa shape index (κ1) is 21.7. The molecule has 1 aliphatic carbocycles. The lowest BCUT2D eigenvalue weighted by Gasteiger charge is -2.09. The minimum atomic E-state index is 0.432. The van der Waals surface area contributed by atoms with Crippen LogP contribution >= 0.6 is 0 Å². The average Bonchev–Trinajstić information content (AvgIpc) is 3.11. The molecule has 0 radical (unpaired) electrons. The molecule has 0 bridgehead atoms. The van der Waals surface area contributed by atoms with E-state index in [9.17, 15) is 0 Å². The first-order valence-electron chi connectivity index (χ1n) is 11.2. The Hall–Kier alpha value is -0.300. The lowest BCUT2D eigenvalue weighted by molar-refractivity contribution is 0.0819. The summed E-state index contributed by atoms with van der Waals surface area (Å²) in [5.41, 5.74) is 0. The van der Waals surface area contributed by atoms with Crippen molar-refractivity contribution in [1.82, 2.24) is 0 Å². The van der Waals surface area contributed by atoms with Gasteiger partial charge in [0, 0.05) is 6.61 Å².